The number of aromatic nitrogens is 4. The molecule has 6 heteroatoms. The van der Waals surface area contributed by atoms with Crippen molar-refractivity contribution in [2.75, 3.05) is 0 Å². The van der Waals surface area contributed by atoms with Gasteiger partial charge in [0.05, 0.1) is 6.54 Å². The number of rotatable bonds is 3. The standard InChI is InChI=1S/C13H13N5O/c1-9-3-2-4-12-17-10(8-18(9)12)13(19)16-7-11-14-5-6-15-11/h2-6,8H,7H2,1H3,(H,14,15)(H,16,19). The Morgan fingerprint density at radius 1 is 1.47 bits per heavy atom. The Hall–Kier alpha value is -2.63. The van der Waals surface area contributed by atoms with E-state index in [9.17, 15) is 4.79 Å². The Morgan fingerprint density at radius 2 is 2.37 bits per heavy atom. The van der Waals surface area contributed by atoms with Gasteiger partial charge in [0, 0.05) is 24.3 Å². The normalized spacial score (nSPS) is 10.8. The molecule has 2 N–H and O–H groups in total. The third-order valence-corrected chi connectivity index (χ3v) is 2.90. The fourth-order valence-electron chi connectivity index (χ4n) is 1.91. The van der Waals surface area contributed by atoms with Crippen LogP contribution in [0.1, 0.15) is 22.0 Å². The van der Waals surface area contributed by atoms with Crippen molar-refractivity contribution in [1.82, 2.24) is 24.7 Å². The average molecular weight is 255 g/mol. The first-order chi connectivity index (χ1) is 9.24. The maximum Gasteiger partial charge on any atom is 0.271 e. The van der Waals surface area contributed by atoms with Gasteiger partial charge in [0.25, 0.3) is 5.91 Å². The molecule has 96 valence electrons. The second-order valence-electron chi connectivity index (χ2n) is 4.24. The summed E-state index contributed by atoms with van der Waals surface area (Å²) in [5.41, 5.74) is 2.21. The maximum absolute atomic E-state index is 12.0. The highest BCUT2D eigenvalue weighted by Gasteiger charge is 2.11. The zero-order valence-electron chi connectivity index (χ0n) is 10.4. The molecule has 0 atom stereocenters. The van der Waals surface area contributed by atoms with Crippen molar-refractivity contribution in [3.8, 4) is 0 Å². The molecule has 0 aromatic carbocycles. The molecule has 3 rings (SSSR count). The van der Waals surface area contributed by atoms with Crippen LogP contribution in [-0.4, -0.2) is 25.3 Å². The molecule has 0 aliphatic heterocycles. The second kappa shape index (κ2) is 4.56. The number of H-pyrrole nitrogens is 1. The van der Waals surface area contributed by atoms with Gasteiger partial charge in [0.2, 0.25) is 0 Å². The number of pyridine rings is 1. The van der Waals surface area contributed by atoms with E-state index >= 15 is 0 Å². The van der Waals surface area contributed by atoms with E-state index in [1.54, 1.807) is 18.6 Å². The van der Waals surface area contributed by atoms with Crippen LogP contribution in [0.3, 0.4) is 0 Å². The van der Waals surface area contributed by atoms with Gasteiger partial charge >= 0.3 is 0 Å². The third kappa shape index (κ3) is 2.20. The summed E-state index contributed by atoms with van der Waals surface area (Å²) in [6.07, 6.45) is 5.10. The molecule has 0 spiro atoms. The minimum absolute atomic E-state index is 0.209. The lowest BCUT2D eigenvalue weighted by atomic mass is 10.4. The quantitative estimate of drug-likeness (QED) is 0.740. The Kier molecular flexibility index (Phi) is 2.75. The van der Waals surface area contributed by atoms with Crippen LogP contribution >= 0.6 is 0 Å². The predicted molar refractivity (Wildman–Crippen MR) is 69.7 cm³/mol. The van der Waals surface area contributed by atoms with Crippen molar-refractivity contribution in [3.05, 3.63) is 54.0 Å². The number of nitrogens with one attached hydrogen (secondary N) is 2. The van der Waals surface area contributed by atoms with Crippen LogP contribution in [0.15, 0.2) is 36.8 Å². The van der Waals surface area contributed by atoms with E-state index in [1.165, 1.54) is 0 Å². The number of hydrogen-bond acceptors (Lipinski definition) is 3. The van der Waals surface area contributed by atoms with Crippen molar-refractivity contribution < 1.29 is 4.79 Å². The molecule has 3 aromatic rings. The molecule has 3 heterocycles. The number of hydrogen-bond donors (Lipinski definition) is 2. The molecule has 3 aromatic heterocycles. The lowest BCUT2D eigenvalue weighted by Crippen LogP contribution is -2.23. The van der Waals surface area contributed by atoms with Gasteiger partial charge in [-0.2, -0.15) is 0 Å². The van der Waals surface area contributed by atoms with Crippen molar-refractivity contribution >= 4 is 11.6 Å². The molecule has 0 radical (unpaired) electrons. The monoisotopic (exact) mass is 255 g/mol. The summed E-state index contributed by atoms with van der Waals surface area (Å²) >= 11 is 0. The smallest absolute Gasteiger partial charge is 0.271 e. The molecule has 0 aliphatic carbocycles. The van der Waals surface area contributed by atoms with Crippen molar-refractivity contribution in [1.29, 1.82) is 0 Å². The molecule has 0 fully saturated rings. The van der Waals surface area contributed by atoms with Gasteiger partial charge < -0.3 is 14.7 Å². The van der Waals surface area contributed by atoms with E-state index in [0.717, 1.165) is 11.3 Å². The van der Waals surface area contributed by atoms with Gasteiger partial charge in [-0.3, -0.25) is 4.79 Å². The molecule has 0 aliphatic rings. The van der Waals surface area contributed by atoms with Crippen LogP contribution in [0, 0.1) is 6.92 Å². The van der Waals surface area contributed by atoms with Crippen LogP contribution in [0.5, 0.6) is 0 Å². The SMILES string of the molecule is Cc1cccc2nc(C(=O)NCc3ncc[nH]3)cn12. The Labute approximate surface area is 109 Å². The first-order valence-electron chi connectivity index (χ1n) is 5.95. The number of fused-ring (bicyclic) bond motifs is 1. The van der Waals surface area contributed by atoms with E-state index in [1.807, 2.05) is 29.5 Å². The first-order valence-corrected chi connectivity index (χ1v) is 5.95. The van der Waals surface area contributed by atoms with Crippen LogP contribution in [0.4, 0.5) is 0 Å². The van der Waals surface area contributed by atoms with E-state index < -0.39 is 0 Å². The zero-order chi connectivity index (χ0) is 13.2. The largest absolute Gasteiger partial charge is 0.347 e. The van der Waals surface area contributed by atoms with Crippen molar-refractivity contribution in [2.45, 2.75) is 13.5 Å². The summed E-state index contributed by atoms with van der Waals surface area (Å²) in [7, 11) is 0. The summed E-state index contributed by atoms with van der Waals surface area (Å²) in [5, 5.41) is 2.77. The summed E-state index contributed by atoms with van der Waals surface area (Å²) in [5.74, 6) is 0.507. The molecule has 0 saturated heterocycles. The van der Waals surface area contributed by atoms with E-state index in [2.05, 4.69) is 20.3 Å². The molecule has 0 unspecified atom stereocenters. The molecular formula is C13H13N5O. The number of aromatic amines is 1. The number of imidazole rings is 2. The summed E-state index contributed by atoms with van der Waals surface area (Å²) in [4.78, 5) is 23.3. The van der Waals surface area contributed by atoms with Crippen LogP contribution in [0.25, 0.3) is 5.65 Å². The molecule has 0 bridgehead atoms. The van der Waals surface area contributed by atoms with Gasteiger partial charge in [-0.05, 0) is 19.1 Å². The van der Waals surface area contributed by atoms with Gasteiger partial charge in [0.15, 0.2) is 0 Å². The van der Waals surface area contributed by atoms with E-state index in [4.69, 9.17) is 0 Å². The minimum Gasteiger partial charge on any atom is -0.347 e. The van der Waals surface area contributed by atoms with Gasteiger partial charge in [-0.25, -0.2) is 9.97 Å². The minimum atomic E-state index is -0.209. The van der Waals surface area contributed by atoms with Gasteiger partial charge in [-0.15, -0.1) is 0 Å². The number of amides is 1. The number of aryl methyl sites for hydroxylation is 1. The Morgan fingerprint density at radius 3 is 3.11 bits per heavy atom. The Bertz CT molecular complexity index is 714. The maximum atomic E-state index is 12.0. The van der Waals surface area contributed by atoms with Crippen molar-refractivity contribution in [2.24, 2.45) is 0 Å². The second-order valence-corrected chi connectivity index (χ2v) is 4.24. The molecular weight excluding hydrogens is 242 g/mol. The van der Waals surface area contributed by atoms with Crippen LogP contribution in [-0.2, 0) is 6.54 Å². The molecule has 19 heavy (non-hydrogen) atoms. The van der Waals surface area contributed by atoms with Crippen LogP contribution < -0.4 is 5.32 Å². The highest BCUT2D eigenvalue weighted by molar-refractivity contribution is 5.92. The number of carbonyl (C=O) groups is 1. The van der Waals surface area contributed by atoms with E-state index in [-0.39, 0.29) is 5.91 Å². The van der Waals surface area contributed by atoms with E-state index in [0.29, 0.717) is 18.1 Å². The van der Waals surface area contributed by atoms with Gasteiger partial charge in [-0.1, -0.05) is 6.07 Å². The highest BCUT2D eigenvalue weighted by Crippen LogP contribution is 2.08. The van der Waals surface area contributed by atoms with Crippen molar-refractivity contribution in [3.63, 3.8) is 0 Å². The zero-order valence-corrected chi connectivity index (χ0v) is 10.4. The van der Waals surface area contributed by atoms with Crippen LogP contribution in [0.2, 0.25) is 0 Å². The summed E-state index contributed by atoms with van der Waals surface area (Å²) < 4.78 is 1.89. The Balaban J connectivity index is 1.80. The topological polar surface area (TPSA) is 75.1 Å². The predicted octanol–water partition coefficient (Wildman–Crippen LogP) is 1.30. The number of nitrogens with zero attached hydrogens (tertiary/aromatic N) is 3. The number of carbonyl (C=O) groups excluding carboxylic acids is 1. The lowest BCUT2D eigenvalue weighted by Gasteiger charge is -1.99. The summed E-state index contributed by atoms with van der Waals surface area (Å²) in [6.45, 7) is 2.33. The lowest BCUT2D eigenvalue weighted by molar-refractivity contribution is 0.0945. The first kappa shape index (κ1) is 11.5. The summed E-state index contributed by atoms with van der Waals surface area (Å²) in [6, 6.07) is 5.76. The molecule has 6 nitrogen and oxygen atoms in total. The van der Waals surface area contributed by atoms with Gasteiger partial charge in [0.1, 0.15) is 17.2 Å². The highest BCUT2D eigenvalue weighted by atomic mass is 16.1. The third-order valence-electron chi connectivity index (χ3n) is 2.90. The fraction of sp³-hybridized carbons (Fsp3) is 0.154. The fourth-order valence-corrected chi connectivity index (χ4v) is 1.91. The molecule has 1 amide bonds. The average Bonchev–Trinajstić information content (AvgIpc) is 3.05. The molecule has 0 saturated carbocycles.